The van der Waals surface area contributed by atoms with Crippen LogP contribution in [-0.2, 0) is 6.54 Å². The van der Waals surface area contributed by atoms with Gasteiger partial charge in [-0.25, -0.2) is 0 Å². The lowest BCUT2D eigenvalue weighted by Gasteiger charge is -2.13. The fourth-order valence-corrected chi connectivity index (χ4v) is 2.41. The Balaban J connectivity index is 1.99. The van der Waals surface area contributed by atoms with Crippen LogP contribution in [0.1, 0.15) is 31.2 Å². The van der Waals surface area contributed by atoms with Gasteiger partial charge in [-0.2, -0.15) is 0 Å². The predicted octanol–water partition coefficient (Wildman–Crippen LogP) is 3.23. The number of aliphatic hydroxyl groups is 1. The number of rotatable bonds is 8. The van der Waals surface area contributed by atoms with Crippen molar-refractivity contribution in [1.82, 2.24) is 0 Å². The van der Waals surface area contributed by atoms with Crippen LogP contribution < -0.4 is 10.5 Å². The monoisotopic (exact) mass is 273 g/mol. The molecule has 3 N–H and O–H groups in total. The van der Waals surface area contributed by atoms with Gasteiger partial charge >= 0.3 is 0 Å². The highest BCUT2D eigenvalue weighted by Crippen LogP contribution is 2.27. The van der Waals surface area contributed by atoms with Gasteiger partial charge in [0.2, 0.25) is 0 Å². The molecule has 0 heterocycles. The molecule has 108 valence electrons. The normalized spacial score (nSPS) is 10.9. The van der Waals surface area contributed by atoms with Gasteiger partial charge in [-0.3, -0.25) is 0 Å². The van der Waals surface area contributed by atoms with E-state index in [0.29, 0.717) is 13.2 Å². The summed E-state index contributed by atoms with van der Waals surface area (Å²) in [5.74, 6) is 0.897. The first-order valence-corrected chi connectivity index (χ1v) is 7.31. The summed E-state index contributed by atoms with van der Waals surface area (Å²) < 4.78 is 5.87. The second kappa shape index (κ2) is 7.88. The topological polar surface area (TPSA) is 55.5 Å². The van der Waals surface area contributed by atoms with Crippen molar-refractivity contribution in [3.8, 4) is 5.75 Å². The zero-order chi connectivity index (χ0) is 14.2. The standard InChI is InChI=1S/C17H23NO2/c18-13-16-15-8-4-3-7-14(15)9-10-17(16)20-12-6-2-1-5-11-19/h3-4,7-10,19H,1-2,5-6,11-13,18H2. The first-order chi connectivity index (χ1) is 9.86. The van der Waals surface area contributed by atoms with E-state index in [2.05, 4.69) is 18.2 Å². The maximum Gasteiger partial charge on any atom is 0.124 e. The molecule has 0 aliphatic heterocycles. The number of ether oxygens (including phenoxy) is 1. The van der Waals surface area contributed by atoms with E-state index in [4.69, 9.17) is 15.6 Å². The van der Waals surface area contributed by atoms with E-state index >= 15 is 0 Å². The molecule has 0 saturated carbocycles. The van der Waals surface area contributed by atoms with Crippen LogP contribution in [0.4, 0.5) is 0 Å². The van der Waals surface area contributed by atoms with E-state index in [1.165, 1.54) is 10.8 Å². The largest absolute Gasteiger partial charge is 0.493 e. The molecule has 0 unspecified atom stereocenters. The number of fused-ring (bicyclic) bond motifs is 1. The van der Waals surface area contributed by atoms with Crippen LogP contribution in [0, 0.1) is 0 Å². The van der Waals surface area contributed by atoms with Gasteiger partial charge in [-0.05, 0) is 36.1 Å². The molecule has 0 bridgehead atoms. The van der Waals surface area contributed by atoms with E-state index in [1.54, 1.807) is 0 Å². The summed E-state index contributed by atoms with van der Waals surface area (Å²) in [7, 11) is 0. The lowest BCUT2D eigenvalue weighted by atomic mass is 10.0. The van der Waals surface area contributed by atoms with Crippen LogP contribution in [-0.4, -0.2) is 18.3 Å². The molecule has 0 spiro atoms. The maximum atomic E-state index is 8.72. The second-order valence-electron chi connectivity index (χ2n) is 4.95. The summed E-state index contributed by atoms with van der Waals surface area (Å²) in [5.41, 5.74) is 6.96. The molecule has 3 heteroatoms. The highest BCUT2D eigenvalue weighted by atomic mass is 16.5. The molecule has 20 heavy (non-hydrogen) atoms. The fourth-order valence-electron chi connectivity index (χ4n) is 2.41. The average molecular weight is 273 g/mol. The maximum absolute atomic E-state index is 8.72. The average Bonchev–Trinajstić information content (AvgIpc) is 2.50. The molecule has 2 rings (SSSR count). The molecule has 0 radical (unpaired) electrons. The molecular formula is C17H23NO2. The minimum atomic E-state index is 0.281. The van der Waals surface area contributed by atoms with E-state index in [0.717, 1.165) is 37.0 Å². The van der Waals surface area contributed by atoms with Crippen molar-refractivity contribution < 1.29 is 9.84 Å². The van der Waals surface area contributed by atoms with Crippen LogP contribution in [0.5, 0.6) is 5.75 Å². The molecule has 0 amide bonds. The van der Waals surface area contributed by atoms with E-state index in [1.807, 2.05) is 18.2 Å². The highest BCUT2D eigenvalue weighted by Gasteiger charge is 2.06. The summed E-state index contributed by atoms with van der Waals surface area (Å²) in [5, 5.41) is 11.1. The van der Waals surface area contributed by atoms with Crippen molar-refractivity contribution in [2.45, 2.75) is 32.2 Å². The molecule has 0 saturated heterocycles. The number of hydrogen-bond donors (Lipinski definition) is 2. The molecule has 2 aromatic rings. The Labute approximate surface area is 120 Å². The zero-order valence-corrected chi connectivity index (χ0v) is 11.8. The Hall–Kier alpha value is -1.58. The quantitative estimate of drug-likeness (QED) is 0.726. The first kappa shape index (κ1) is 14.8. The van der Waals surface area contributed by atoms with Crippen LogP contribution in [0.25, 0.3) is 10.8 Å². The Kier molecular flexibility index (Phi) is 5.84. The lowest BCUT2D eigenvalue weighted by molar-refractivity contribution is 0.273. The van der Waals surface area contributed by atoms with Gasteiger partial charge in [0.15, 0.2) is 0 Å². The molecule has 3 nitrogen and oxygen atoms in total. The molecule has 2 aromatic carbocycles. The minimum absolute atomic E-state index is 0.281. The Morgan fingerprint density at radius 1 is 0.950 bits per heavy atom. The van der Waals surface area contributed by atoms with Gasteiger partial charge in [-0.15, -0.1) is 0 Å². The molecule has 0 fully saturated rings. The van der Waals surface area contributed by atoms with Crippen molar-refractivity contribution in [2.24, 2.45) is 5.73 Å². The second-order valence-corrected chi connectivity index (χ2v) is 4.95. The van der Waals surface area contributed by atoms with Gasteiger partial charge in [0.05, 0.1) is 6.61 Å². The van der Waals surface area contributed by atoms with Crippen molar-refractivity contribution in [1.29, 1.82) is 0 Å². The van der Waals surface area contributed by atoms with Gasteiger partial charge < -0.3 is 15.6 Å². The molecule has 0 aliphatic rings. The number of nitrogens with two attached hydrogens (primary N) is 1. The van der Waals surface area contributed by atoms with E-state index in [-0.39, 0.29) is 6.61 Å². The smallest absolute Gasteiger partial charge is 0.124 e. The first-order valence-electron chi connectivity index (χ1n) is 7.31. The predicted molar refractivity (Wildman–Crippen MR) is 82.9 cm³/mol. The van der Waals surface area contributed by atoms with Crippen molar-refractivity contribution in [2.75, 3.05) is 13.2 Å². The molecule has 0 aromatic heterocycles. The summed E-state index contributed by atoms with van der Waals surface area (Å²) in [6.45, 7) is 1.47. The SMILES string of the molecule is NCc1c(OCCCCCCO)ccc2ccccc12. The summed E-state index contributed by atoms with van der Waals surface area (Å²) in [4.78, 5) is 0. The van der Waals surface area contributed by atoms with Crippen molar-refractivity contribution in [3.63, 3.8) is 0 Å². The van der Waals surface area contributed by atoms with E-state index < -0.39 is 0 Å². The number of benzene rings is 2. The van der Waals surface area contributed by atoms with Crippen LogP contribution in [0.3, 0.4) is 0 Å². The molecule has 0 aliphatic carbocycles. The third kappa shape index (κ3) is 3.71. The summed E-state index contributed by atoms with van der Waals surface area (Å²) >= 11 is 0. The Morgan fingerprint density at radius 2 is 1.75 bits per heavy atom. The Bertz CT molecular complexity index is 540. The van der Waals surface area contributed by atoms with Gasteiger partial charge in [-0.1, -0.05) is 36.8 Å². The van der Waals surface area contributed by atoms with Crippen LogP contribution in [0.2, 0.25) is 0 Å². The number of unbranched alkanes of at least 4 members (excludes halogenated alkanes) is 3. The van der Waals surface area contributed by atoms with Crippen molar-refractivity contribution in [3.05, 3.63) is 42.0 Å². The number of hydrogen-bond acceptors (Lipinski definition) is 3. The van der Waals surface area contributed by atoms with Crippen molar-refractivity contribution >= 4 is 10.8 Å². The zero-order valence-electron chi connectivity index (χ0n) is 11.8. The van der Waals surface area contributed by atoms with Gasteiger partial charge in [0.25, 0.3) is 0 Å². The third-order valence-corrected chi connectivity index (χ3v) is 3.51. The highest BCUT2D eigenvalue weighted by molar-refractivity contribution is 5.87. The third-order valence-electron chi connectivity index (χ3n) is 3.51. The lowest BCUT2D eigenvalue weighted by Crippen LogP contribution is -2.04. The summed E-state index contributed by atoms with van der Waals surface area (Å²) in [6, 6.07) is 12.3. The van der Waals surface area contributed by atoms with E-state index in [9.17, 15) is 0 Å². The van der Waals surface area contributed by atoms with Gasteiger partial charge in [0.1, 0.15) is 5.75 Å². The van der Waals surface area contributed by atoms with Crippen LogP contribution in [0.15, 0.2) is 36.4 Å². The Morgan fingerprint density at radius 3 is 2.55 bits per heavy atom. The fraction of sp³-hybridized carbons (Fsp3) is 0.412. The minimum Gasteiger partial charge on any atom is -0.493 e. The van der Waals surface area contributed by atoms with Gasteiger partial charge in [0, 0.05) is 18.7 Å². The number of aliphatic hydroxyl groups excluding tert-OH is 1. The molecular weight excluding hydrogens is 250 g/mol. The summed E-state index contributed by atoms with van der Waals surface area (Å²) in [6.07, 6.45) is 4.04. The molecule has 0 atom stereocenters. The van der Waals surface area contributed by atoms with Crippen LogP contribution >= 0.6 is 0 Å².